The third-order valence-electron chi connectivity index (χ3n) is 3.52. The molecule has 1 saturated heterocycles. The lowest BCUT2D eigenvalue weighted by Crippen LogP contribution is -2.43. The molecule has 0 aliphatic carbocycles. The van der Waals surface area contributed by atoms with E-state index in [-0.39, 0.29) is 11.8 Å². The van der Waals surface area contributed by atoms with Gasteiger partial charge >= 0.3 is 0 Å². The molecule has 0 aromatic heterocycles. The van der Waals surface area contributed by atoms with Gasteiger partial charge in [0.2, 0.25) is 5.91 Å². The molecule has 0 aromatic rings. The third-order valence-corrected chi connectivity index (χ3v) is 3.52. The van der Waals surface area contributed by atoms with E-state index in [2.05, 4.69) is 17.1 Å². The monoisotopic (exact) mass is 242 g/mol. The van der Waals surface area contributed by atoms with Crippen LogP contribution in [0.25, 0.3) is 0 Å². The normalized spacial score (nSPS) is 20.5. The van der Waals surface area contributed by atoms with E-state index in [1.54, 1.807) is 0 Å². The Kier molecular flexibility index (Phi) is 5.92. The van der Waals surface area contributed by atoms with E-state index in [9.17, 15) is 9.90 Å². The molecular formula is C13H26N2O2. The first-order chi connectivity index (χ1) is 7.99. The first-order valence-electron chi connectivity index (χ1n) is 6.66. The molecule has 0 spiro atoms. The maximum atomic E-state index is 11.7. The molecule has 1 unspecified atom stereocenters. The molecule has 1 atom stereocenters. The van der Waals surface area contributed by atoms with Crippen LogP contribution >= 0.6 is 0 Å². The Morgan fingerprint density at radius 3 is 2.53 bits per heavy atom. The van der Waals surface area contributed by atoms with Crippen molar-refractivity contribution in [2.24, 2.45) is 11.8 Å². The molecule has 2 N–H and O–H groups in total. The summed E-state index contributed by atoms with van der Waals surface area (Å²) in [4.78, 5) is 13.8. The van der Waals surface area contributed by atoms with Crippen LogP contribution in [-0.2, 0) is 4.79 Å². The van der Waals surface area contributed by atoms with Crippen LogP contribution in [0.2, 0.25) is 0 Å². The maximum Gasteiger partial charge on any atom is 0.234 e. The van der Waals surface area contributed by atoms with Crippen LogP contribution in [0.4, 0.5) is 0 Å². The largest absolute Gasteiger partial charge is 0.391 e. The second-order valence-electron chi connectivity index (χ2n) is 5.57. The molecule has 0 bridgehead atoms. The first-order valence-corrected chi connectivity index (χ1v) is 6.66. The summed E-state index contributed by atoms with van der Waals surface area (Å²) in [5.41, 5.74) is 0. The van der Waals surface area contributed by atoms with Gasteiger partial charge in [-0.1, -0.05) is 20.8 Å². The van der Waals surface area contributed by atoms with Gasteiger partial charge in [-0.3, -0.25) is 9.69 Å². The van der Waals surface area contributed by atoms with E-state index in [1.165, 1.54) is 12.8 Å². The highest BCUT2D eigenvalue weighted by Gasteiger charge is 2.18. The molecule has 1 amide bonds. The van der Waals surface area contributed by atoms with Crippen molar-refractivity contribution >= 4 is 5.91 Å². The van der Waals surface area contributed by atoms with Gasteiger partial charge < -0.3 is 10.4 Å². The summed E-state index contributed by atoms with van der Waals surface area (Å²) in [5, 5.41) is 12.4. The summed E-state index contributed by atoms with van der Waals surface area (Å²) in [6.45, 7) is 9.02. The lowest BCUT2D eigenvalue weighted by Gasteiger charge is -2.29. The lowest BCUT2D eigenvalue weighted by molar-refractivity contribution is -0.123. The zero-order valence-electron chi connectivity index (χ0n) is 11.3. The molecule has 17 heavy (non-hydrogen) atoms. The van der Waals surface area contributed by atoms with Gasteiger partial charge in [0.1, 0.15) is 0 Å². The standard InChI is InChI=1S/C13H26N2O2/c1-10(2)12(16)8-14-13(17)9-15-6-4-11(3)5-7-15/h10-12,16H,4-9H2,1-3H3,(H,14,17). The Labute approximate surface area is 104 Å². The van der Waals surface area contributed by atoms with Gasteiger partial charge in [-0.2, -0.15) is 0 Å². The zero-order chi connectivity index (χ0) is 12.8. The van der Waals surface area contributed by atoms with Crippen molar-refractivity contribution in [1.82, 2.24) is 10.2 Å². The number of hydrogen-bond acceptors (Lipinski definition) is 3. The van der Waals surface area contributed by atoms with Gasteiger partial charge in [0, 0.05) is 6.54 Å². The zero-order valence-corrected chi connectivity index (χ0v) is 11.3. The highest BCUT2D eigenvalue weighted by atomic mass is 16.3. The van der Waals surface area contributed by atoms with Gasteiger partial charge in [0.05, 0.1) is 12.6 Å². The number of aliphatic hydroxyl groups is 1. The molecule has 4 nitrogen and oxygen atoms in total. The second kappa shape index (κ2) is 6.97. The molecule has 0 radical (unpaired) electrons. The number of carbonyl (C=O) groups is 1. The minimum Gasteiger partial charge on any atom is -0.391 e. The van der Waals surface area contributed by atoms with Gasteiger partial charge in [0.15, 0.2) is 0 Å². The van der Waals surface area contributed by atoms with Crippen molar-refractivity contribution in [3.8, 4) is 0 Å². The predicted molar refractivity (Wildman–Crippen MR) is 68.7 cm³/mol. The number of nitrogens with one attached hydrogen (secondary N) is 1. The molecular weight excluding hydrogens is 216 g/mol. The Balaban J connectivity index is 2.16. The van der Waals surface area contributed by atoms with Crippen molar-refractivity contribution < 1.29 is 9.90 Å². The van der Waals surface area contributed by atoms with Gasteiger partial charge in [-0.15, -0.1) is 0 Å². The number of nitrogens with zero attached hydrogens (tertiary/aromatic N) is 1. The predicted octanol–water partition coefficient (Wildman–Crippen LogP) is 0.851. The minimum absolute atomic E-state index is 0.0271. The van der Waals surface area contributed by atoms with Crippen LogP contribution in [0, 0.1) is 11.8 Å². The maximum absolute atomic E-state index is 11.7. The molecule has 100 valence electrons. The van der Waals surface area contributed by atoms with Crippen LogP contribution in [0.3, 0.4) is 0 Å². The van der Waals surface area contributed by atoms with Crippen molar-refractivity contribution in [2.45, 2.75) is 39.7 Å². The molecule has 1 fully saturated rings. The molecule has 1 heterocycles. The number of hydrogen-bond donors (Lipinski definition) is 2. The number of amides is 1. The minimum atomic E-state index is -0.444. The summed E-state index contributed by atoms with van der Waals surface area (Å²) < 4.78 is 0. The Hall–Kier alpha value is -0.610. The van der Waals surface area contributed by atoms with E-state index in [4.69, 9.17) is 0 Å². The number of aliphatic hydroxyl groups excluding tert-OH is 1. The summed E-state index contributed by atoms with van der Waals surface area (Å²) >= 11 is 0. The van der Waals surface area contributed by atoms with Crippen molar-refractivity contribution in [3.63, 3.8) is 0 Å². The summed E-state index contributed by atoms with van der Waals surface area (Å²) in [6.07, 6.45) is 1.92. The van der Waals surface area contributed by atoms with E-state index in [0.29, 0.717) is 13.1 Å². The number of piperidine rings is 1. The van der Waals surface area contributed by atoms with Crippen LogP contribution in [0.5, 0.6) is 0 Å². The topological polar surface area (TPSA) is 52.6 Å². The summed E-state index contributed by atoms with van der Waals surface area (Å²) in [7, 11) is 0. The van der Waals surface area contributed by atoms with Crippen molar-refractivity contribution in [1.29, 1.82) is 0 Å². The molecule has 4 heteroatoms. The van der Waals surface area contributed by atoms with Crippen LogP contribution in [0.1, 0.15) is 33.6 Å². The molecule has 1 rings (SSSR count). The van der Waals surface area contributed by atoms with Crippen LogP contribution in [-0.4, -0.2) is 48.2 Å². The smallest absolute Gasteiger partial charge is 0.234 e. The van der Waals surface area contributed by atoms with Gasteiger partial charge in [0.25, 0.3) is 0 Å². The Bertz CT molecular complexity index is 236. The van der Waals surface area contributed by atoms with Crippen molar-refractivity contribution in [3.05, 3.63) is 0 Å². The van der Waals surface area contributed by atoms with Gasteiger partial charge in [-0.05, 0) is 37.8 Å². The second-order valence-corrected chi connectivity index (χ2v) is 5.57. The fraction of sp³-hybridized carbons (Fsp3) is 0.923. The number of carbonyl (C=O) groups excluding carboxylic acids is 1. The van der Waals surface area contributed by atoms with E-state index < -0.39 is 6.10 Å². The Morgan fingerprint density at radius 2 is 2.00 bits per heavy atom. The molecule has 0 aromatic carbocycles. The number of likely N-dealkylation sites (tertiary alicyclic amines) is 1. The van der Waals surface area contributed by atoms with Crippen LogP contribution < -0.4 is 5.32 Å². The quantitative estimate of drug-likeness (QED) is 0.751. The van der Waals surface area contributed by atoms with Crippen LogP contribution in [0.15, 0.2) is 0 Å². The average molecular weight is 242 g/mol. The summed E-state index contributed by atoms with van der Waals surface area (Å²) in [6, 6.07) is 0. The number of rotatable bonds is 5. The highest BCUT2D eigenvalue weighted by Crippen LogP contribution is 2.15. The third kappa shape index (κ3) is 5.50. The van der Waals surface area contributed by atoms with E-state index >= 15 is 0 Å². The first kappa shape index (κ1) is 14.5. The van der Waals surface area contributed by atoms with Gasteiger partial charge in [-0.25, -0.2) is 0 Å². The summed E-state index contributed by atoms with van der Waals surface area (Å²) in [5.74, 6) is 1.00. The Morgan fingerprint density at radius 1 is 1.41 bits per heavy atom. The highest BCUT2D eigenvalue weighted by molar-refractivity contribution is 5.78. The molecule has 1 aliphatic heterocycles. The van der Waals surface area contributed by atoms with E-state index in [1.807, 2.05) is 13.8 Å². The molecule has 0 saturated carbocycles. The average Bonchev–Trinajstić information content (AvgIpc) is 2.29. The fourth-order valence-electron chi connectivity index (χ4n) is 1.93. The lowest BCUT2D eigenvalue weighted by atomic mass is 9.99. The van der Waals surface area contributed by atoms with Crippen molar-refractivity contribution in [2.75, 3.05) is 26.2 Å². The molecule has 1 aliphatic rings. The van der Waals surface area contributed by atoms with E-state index in [0.717, 1.165) is 19.0 Å². The fourth-order valence-corrected chi connectivity index (χ4v) is 1.93. The SMILES string of the molecule is CC1CCN(CC(=O)NCC(O)C(C)C)CC1.